The highest BCUT2D eigenvalue weighted by molar-refractivity contribution is 7.89. The zero-order chi connectivity index (χ0) is 22.9. The van der Waals surface area contributed by atoms with Gasteiger partial charge in [-0.3, -0.25) is 15.6 Å². The fourth-order valence-corrected chi connectivity index (χ4v) is 6.98. The smallest absolute Gasteiger partial charge is 0.269 e. The van der Waals surface area contributed by atoms with Crippen molar-refractivity contribution in [3.05, 3.63) is 53.1 Å². The topological polar surface area (TPSA) is 91.4 Å². The lowest BCUT2D eigenvalue weighted by atomic mass is 10.0. The third kappa shape index (κ3) is 4.51. The molecule has 0 bridgehead atoms. The van der Waals surface area contributed by atoms with Crippen molar-refractivity contribution >= 4 is 42.6 Å². The molecule has 1 amide bonds. The molecule has 4 rings (SSSR count). The Morgan fingerprint density at radius 1 is 1.19 bits per heavy atom. The molecule has 3 aromatic rings. The predicted octanol–water partition coefficient (Wildman–Crippen LogP) is 4.62. The van der Waals surface area contributed by atoms with Crippen LogP contribution in [0.1, 0.15) is 54.1 Å². The van der Waals surface area contributed by atoms with E-state index in [4.69, 9.17) is 0 Å². The summed E-state index contributed by atoms with van der Waals surface area (Å²) < 4.78 is 28.9. The van der Waals surface area contributed by atoms with E-state index in [0.29, 0.717) is 17.2 Å². The van der Waals surface area contributed by atoms with Gasteiger partial charge >= 0.3 is 0 Å². The molecule has 2 aromatic carbocycles. The summed E-state index contributed by atoms with van der Waals surface area (Å²) in [6.07, 6.45) is 3.64. The van der Waals surface area contributed by atoms with Crippen LogP contribution in [0.15, 0.2) is 41.3 Å². The first-order valence-electron chi connectivity index (χ1n) is 10.9. The van der Waals surface area contributed by atoms with Crippen LogP contribution in [0.4, 0.5) is 5.13 Å². The van der Waals surface area contributed by atoms with Crippen molar-refractivity contribution in [1.29, 1.82) is 0 Å². The molecule has 1 aliphatic rings. The summed E-state index contributed by atoms with van der Waals surface area (Å²) in [4.78, 5) is 17.3. The number of aromatic nitrogens is 1. The van der Waals surface area contributed by atoms with Gasteiger partial charge in [-0.05, 0) is 74.6 Å². The van der Waals surface area contributed by atoms with E-state index in [2.05, 4.69) is 28.0 Å². The van der Waals surface area contributed by atoms with Crippen molar-refractivity contribution in [3.63, 3.8) is 0 Å². The van der Waals surface area contributed by atoms with Crippen LogP contribution in [0.25, 0.3) is 10.2 Å². The lowest BCUT2D eigenvalue weighted by Crippen LogP contribution is -2.43. The highest BCUT2D eigenvalue weighted by Gasteiger charge is 2.32. The Hall–Kier alpha value is -2.49. The summed E-state index contributed by atoms with van der Waals surface area (Å²) >= 11 is 1.46. The van der Waals surface area contributed by atoms with Crippen LogP contribution >= 0.6 is 11.3 Å². The number of thiazole rings is 1. The number of nitrogens with one attached hydrogen (secondary N) is 2. The SMILES string of the molecule is CCC1CCCCN1S(=O)(=O)c1ccc(C(=O)NNc2nc3c(C)cc(C)cc3s2)cc1. The molecule has 0 aliphatic carbocycles. The molecule has 1 saturated heterocycles. The number of sulfonamides is 1. The fourth-order valence-electron chi connectivity index (χ4n) is 4.22. The quantitative estimate of drug-likeness (QED) is 0.511. The largest absolute Gasteiger partial charge is 0.273 e. The standard InChI is InChI=1S/C23H28N4O3S2/c1-4-18-7-5-6-12-27(18)32(29,30)19-10-8-17(9-11-19)22(28)25-26-23-24-21-16(3)13-15(2)14-20(21)31-23/h8-11,13-14,18H,4-7,12H2,1-3H3,(H,24,26)(H,25,28). The Kier molecular flexibility index (Phi) is 6.50. The summed E-state index contributed by atoms with van der Waals surface area (Å²) in [6, 6.07) is 10.3. The molecule has 1 atom stereocenters. The third-order valence-electron chi connectivity index (χ3n) is 5.88. The second-order valence-corrected chi connectivity index (χ2v) is 11.1. The predicted molar refractivity (Wildman–Crippen MR) is 128 cm³/mol. The van der Waals surface area contributed by atoms with Crippen molar-refractivity contribution in [2.24, 2.45) is 0 Å². The van der Waals surface area contributed by atoms with Gasteiger partial charge in [0, 0.05) is 18.2 Å². The first-order chi connectivity index (χ1) is 15.3. The molecule has 170 valence electrons. The maximum absolute atomic E-state index is 13.1. The van der Waals surface area contributed by atoms with Gasteiger partial charge in [0.1, 0.15) is 0 Å². The van der Waals surface area contributed by atoms with Gasteiger partial charge < -0.3 is 0 Å². The van der Waals surface area contributed by atoms with Crippen LogP contribution in [0.2, 0.25) is 0 Å². The van der Waals surface area contributed by atoms with Gasteiger partial charge in [-0.15, -0.1) is 0 Å². The number of fused-ring (bicyclic) bond motifs is 1. The molecule has 0 spiro atoms. The van der Waals surface area contributed by atoms with Crippen LogP contribution in [-0.4, -0.2) is 36.2 Å². The minimum Gasteiger partial charge on any atom is -0.273 e. The molecule has 9 heteroatoms. The van der Waals surface area contributed by atoms with Gasteiger partial charge in [0.25, 0.3) is 5.91 Å². The Labute approximate surface area is 192 Å². The maximum Gasteiger partial charge on any atom is 0.269 e. The molecule has 32 heavy (non-hydrogen) atoms. The monoisotopic (exact) mass is 472 g/mol. The molecule has 1 fully saturated rings. The second kappa shape index (κ2) is 9.17. The van der Waals surface area contributed by atoms with E-state index in [9.17, 15) is 13.2 Å². The van der Waals surface area contributed by atoms with E-state index in [-0.39, 0.29) is 16.8 Å². The summed E-state index contributed by atoms with van der Waals surface area (Å²) in [7, 11) is -3.57. The van der Waals surface area contributed by atoms with Crippen LogP contribution in [0.5, 0.6) is 0 Å². The number of carbonyl (C=O) groups is 1. The Morgan fingerprint density at radius 2 is 1.94 bits per heavy atom. The minimum atomic E-state index is -3.57. The first kappa shape index (κ1) is 22.7. The van der Waals surface area contributed by atoms with Crippen LogP contribution in [-0.2, 0) is 10.0 Å². The molecule has 1 aromatic heterocycles. The highest BCUT2D eigenvalue weighted by atomic mass is 32.2. The average Bonchev–Trinajstić information content (AvgIpc) is 3.20. The molecule has 2 heterocycles. The molecule has 0 saturated carbocycles. The normalized spacial score (nSPS) is 17.4. The zero-order valence-corrected chi connectivity index (χ0v) is 20.1. The number of nitrogens with zero attached hydrogens (tertiary/aromatic N) is 2. The average molecular weight is 473 g/mol. The number of hydrogen-bond acceptors (Lipinski definition) is 6. The Balaban J connectivity index is 1.45. The van der Waals surface area contributed by atoms with E-state index >= 15 is 0 Å². The van der Waals surface area contributed by atoms with Crippen molar-refractivity contribution in [2.45, 2.75) is 57.4 Å². The van der Waals surface area contributed by atoms with Gasteiger partial charge in [-0.25, -0.2) is 13.4 Å². The maximum atomic E-state index is 13.1. The molecule has 7 nitrogen and oxygen atoms in total. The third-order valence-corrected chi connectivity index (χ3v) is 8.76. The van der Waals surface area contributed by atoms with E-state index < -0.39 is 10.0 Å². The fraction of sp³-hybridized carbons (Fsp3) is 0.391. The highest BCUT2D eigenvalue weighted by Crippen LogP contribution is 2.29. The molecular formula is C23H28N4O3S2. The zero-order valence-electron chi connectivity index (χ0n) is 18.5. The number of benzene rings is 2. The first-order valence-corrected chi connectivity index (χ1v) is 13.1. The van der Waals surface area contributed by atoms with E-state index in [1.165, 1.54) is 29.0 Å². The Morgan fingerprint density at radius 3 is 2.66 bits per heavy atom. The number of carbonyl (C=O) groups excluding carboxylic acids is 1. The van der Waals surface area contributed by atoms with Gasteiger partial charge in [-0.1, -0.05) is 30.7 Å². The van der Waals surface area contributed by atoms with Crippen LogP contribution in [0.3, 0.4) is 0 Å². The number of anilines is 1. The van der Waals surface area contributed by atoms with Crippen molar-refractivity contribution in [3.8, 4) is 0 Å². The molecule has 1 unspecified atom stereocenters. The van der Waals surface area contributed by atoms with E-state index in [1.807, 2.05) is 20.8 Å². The van der Waals surface area contributed by atoms with Crippen LogP contribution in [0, 0.1) is 13.8 Å². The molecule has 2 N–H and O–H groups in total. The molecular weight excluding hydrogens is 444 g/mol. The number of hydrazine groups is 1. The van der Waals surface area contributed by atoms with Crippen molar-refractivity contribution < 1.29 is 13.2 Å². The molecule has 0 radical (unpaired) electrons. The van der Waals surface area contributed by atoms with Gasteiger partial charge in [0.2, 0.25) is 15.2 Å². The lowest BCUT2D eigenvalue weighted by molar-refractivity contribution is 0.0962. The van der Waals surface area contributed by atoms with E-state index in [0.717, 1.165) is 41.5 Å². The van der Waals surface area contributed by atoms with Crippen LogP contribution < -0.4 is 10.9 Å². The number of rotatable bonds is 6. The number of piperidine rings is 1. The molecule has 1 aliphatic heterocycles. The van der Waals surface area contributed by atoms with Crippen molar-refractivity contribution in [1.82, 2.24) is 14.7 Å². The number of hydrogen-bond donors (Lipinski definition) is 2. The van der Waals surface area contributed by atoms with Crippen molar-refractivity contribution in [2.75, 3.05) is 12.0 Å². The lowest BCUT2D eigenvalue weighted by Gasteiger charge is -2.34. The van der Waals surface area contributed by atoms with Gasteiger partial charge in [-0.2, -0.15) is 4.31 Å². The minimum absolute atomic E-state index is 0.0437. The summed E-state index contributed by atoms with van der Waals surface area (Å²) in [5.74, 6) is -0.356. The van der Waals surface area contributed by atoms with E-state index in [1.54, 1.807) is 16.4 Å². The second-order valence-electron chi connectivity index (χ2n) is 8.22. The number of aryl methyl sites for hydroxylation is 2. The Bertz CT molecular complexity index is 1240. The summed E-state index contributed by atoms with van der Waals surface area (Å²) in [6.45, 7) is 6.62. The van der Waals surface area contributed by atoms with Gasteiger partial charge in [0.15, 0.2) is 0 Å². The summed E-state index contributed by atoms with van der Waals surface area (Å²) in [5, 5.41) is 0.594. The summed E-state index contributed by atoms with van der Waals surface area (Å²) in [5.41, 5.74) is 9.06. The number of amides is 1. The van der Waals surface area contributed by atoms with Gasteiger partial charge in [0.05, 0.1) is 15.1 Å².